The Hall–Kier alpha value is -1.75. The summed E-state index contributed by atoms with van der Waals surface area (Å²) >= 11 is 0. The average Bonchev–Trinajstić information content (AvgIpc) is 3.25. The number of ether oxygens (including phenoxy) is 2. The van der Waals surface area contributed by atoms with Gasteiger partial charge in [0.2, 0.25) is 5.91 Å². The third-order valence-electron chi connectivity index (χ3n) is 5.23. The number of carbonyl (C=O) groups is 1. The number of methoxy groups -OCH3 is 1. The maximum atomic E-state index is 12.5. The first-order chi connectivity index (χ1) is 11.6. The number of carbonyl (C=O) groups excluding carboxylic acids is 1. The predicted molar refractivity (Wildman–Crippen MR) is 93.3 cm³/mol. The van der Waals surface area contributed by atoms with E-state index in [-0.39, 0.29) is 17.4 Å². The SMILES string of the molecule is COc1ccc(CNC(=O)[C@@]2(C)CCNC2)c(OC2CCCC2)c1. The summed E-state index contributed by atoms with van der Waals surface area (Å²) in [6.45, 7) is 4.15. The highest BCUT2D eigenvalue weighted by molar-refractivity contribution is 5.82. The van der Waals surface area contributed by atoms with E-state index in [4.69, 9.17) is 9.47 Å². The molecular weight excluding hydrogens is 304 g/mol. The molecule has 1 saturated heterocycles. The van der Waals surface area contributed by atoms with Crippen molar-refractivity contribution < 1.29 is 14.3 Å². The number of hydrogen-bond acceptors (Lipinski definition) is 4. The Bertz CT molecular complexity index is 576. The minimum atomic E-state index is -0.307. The first-order valence-electron chi connectivity index (χ1n) is 8.93. The lowest BCUT2D eigenvalue weighted by molar-refractivity contribution is -0.129. The minimum Gasteiger partial charge on any atom is -0.497 e. The normalized spacial score (nSPS) is 24.1. The first-order valence-corrected chi connectivity index (χ1v) is 8.93. The molecule has 0 radical (unpaired) electrons. The smallest absolute Gasteiger partial charge is 0.227 e. The summed E-state index contributed by atoms with van der Waals surface area (Å²) in [6, 6.07) is 5.83. The van der Waals surface area contributed by atoms with Gasteiger partial charge in [0.15, 0.2) is 0 Å². The second-order valence-electron chi connectivity index (χ2n) is 7.17. The van der Waals surface area contributed by atoms with E-state index >= 15 is 0 Å². The highest BCUT2D eigenvalue weighted by atomic mass is 16.5. The Kier molecular flexibility index (Phi) is 5.29. The molecule has 1 aliphatic heterocycles. The van der Waals surface area contributed by atoms with E-state index in [1.165, 1.54) is 12.8 Å². The van der Waals surface area contributed by atoms with Gasteiger partial charge in [-0.1, -0.05) is 0 Å². The maximum Gasteiger partial charge on any atom is 0.227 e. The van der Waals surface area contributed by atoms with Crippen molar-refractivity contribution in [1.82, 2.24) is 10.6 Å². The number of nitrogens with one attached hydrogen (secondary N) is 2. The predicted octanol–water partition coefficient (Wildman–Crippen LogP) is 2.63. The summed E-state index contributed by atoms with van der Waals surface area (Å²) in [5.41, 5.74) is 0.699. The maximum absolute atomic E-state index is 12.5. The molecule has 0 aromatic heterocycles. The van der Waals surface area contributed by atoms with Crippen LogP contribution < -0.4 is 20.1 Å². The van der Waals surface area contributed by atoms with Gasteiger partial charge in [0, 0.05) is 24.7 Å². The molecule has 2 fully saturated rings. The van der Waals surface area contributed by atoms with Crippen molar-refractivity contribution in [3.05, 3.63) is 23.8 Å². The largest absolute Gasteiger partial charge is 0.497 e. The molecule has 1 aliphatic carbocycles. The molecule has 5 nitrogen and oxygen atoms in total. The summed E-state index contributed by atoms with van der Waals surface area (Å²) in [5.74, 6) is 1.72. The number of benzene rings is 1. The third kappa shape index (κ3) is 3.83. The van der Waals surface area contributed by atoms with Gasteiger partial charge in [-0.15, -0.1) is 0 Å². The van der Waals surface area contributed by atoms with Crippen molar-refractivity contribution in [3.8, 4) is 11.5 Å². The lowest BCUT2D eigenvalue weighted by Crippen LogP contribution is -2.40. The van der Waals surface area contributed by atoms with Crippen molar-refractivity contribution >= 4 is 5.91 Å². The minimum absolute atomic E-state index is 0.107. The van der Waals surface area contributed by atoms with Gasteiger partial charge in [-0.25, -0.2) is 0 Å². The van der Waals surface area contributed by atoms with E-state index in [1.54, 1.807) is 7.11 Å². The van der Waals surface area contributed by atoms with Gasteiger partial charge in [0.25, 0.3) is 0 Å². The van der Waals surface area contributed by atoms with E-state index in [0.717, 1.165) is 49.4 Å². The van der Waals surface area contributed by atoms with Crippen molar-refractivity contribution in [2.75, 3.05) is 20.2 Å². The van der Waals surface area contributed by atoms with Gasteiger partial charge in [-0.2, -0.15) is 0 Å². The highest BCUT2D eigenvalue weighted by Gasteiger charge is 2.36. The first kappa shape index (κ1) is 17.1. The highest BCUT2D eigenvalue weighted by Crippen LogP contribution is 2.30. The fourth-order valence-corrected chi connectivity index (χ4v) is 3.50. The lowest BCUT2D eigenvalue weighted by Gasteiger charge is -2.22. The Morgan fingerprint density at radius 1 is 1.38 bits per heavy atom. The zero-order valence-electron chi connectivity index (χ0n) is 14.7. The fourth-order valence-electron chi connectivity index (χ4n) is 3.50. The van der Waals surface area contributed by atoms with Crippen LogP contribution in [0, 0.1) is 5.41 Å². The fraction of sp³-hybridized carbons (Fsp3) is 0.632. The van der Waals surface area contributed by atoms with Gasteiger partial charge in [-0.05, 0) is 57.7 Å². The van der Waals surface area contributed by atoms with Gasteiger partial charge in [0.05, 0.1) is 18.6 Å². The molecule has 2 aliphatic rings. The molecule has 1 saturated carbocycles. The van der Waals surface area contributed by atoms with Crippen molar-refractivity contribution in [1.29, 1.82) is 0 Å². The zero-order chi connectivity index (χ0) is 17.0. The van der Waals surface area contributed by atoms with Crippen LogP contribution in [0.25, 0.3) is 0 Å². The third-order valence-corrected chi connectivity index (χ3v) is 5.23. The van der Waals surface area contributed by atoms with Gasteiger partial charge < -0.3 is 20.1 Å². The van der Waals surface area contributed by atoms with Crippen LogP contribution in [0.1, 0.15) is 44.6 Å². The molecule has 1 atom stereocenters. The summed E-state index contributed by atoms with van der Waals surface area (Å²) in [4.78, 5) is 12.5. The molecule has 0 unspecified atom stereocenters. The van der Waals surface area contributed by atoms with Crippen molar-refractivity contribution in [3.63, 3.8) is 0 Å². The second kappa shape index (κ2) is 7.43. The quantitative estimate of drug-likeness (QED) is 0.841. The Morgan fingerprint density at radius 3 is 2.83 bits per heavy atom. The molecular formula is C19H28N2O3. The summed E-state index contributed by atoms with van der Waals surface area (Å²) in [6.07, 6.45) is 5.83. The topological polar surface area (TPSA) is 59.6 Å². The Balaban J connectivity index is 1.68. The molecule has 24 heavy (non-hydrogen) atoms. The molecule has 2 N–H and O–H groups in total. The lowest BCUT2D eigenvalue weighted by atomic mass is 9.89. The van der Waals surface area contributed by atoms with Gasteiger partial charge in [-0.3, -0.25) is 4.79 Å². The van der Waals surface area contributed by atoms with Crippen molar-refractivity contribution in [2.45, 2.75) is 51.7 Å². The molecule has 0 spiro atoms. The van der Waals surface area contributed by atoms with E-state index in [1.807, 2.05) is 25.1 Å². The molecule has 1 aromatic rings. The molecule has 132 valence electrons. The number of rotatable bonds is 6. The Labute approximate surface area is 144 Å². The molecule has 1 amide bonds. The van der Waals surface area contributed by atoms with Crippen LogP contribution in [0.3, 0.4) is 0 Å². The van der Waals surface area contributed by atoms with Crippen molar-refractivity contribution in [2.24, 2.45) is 5.41 Å². The number of hydrogen-bond donors (Lipinski definition) is 2. The van der Waals surface area contributed by atoms with E-state index in [9.17, 15) is 4.79 Å². The van der Waals surface area contributed by atoms with Crippen LogP contribution in [0.4, 0.5) is 0 Å². The Morgan fingerprint density at radius 2 is 2.17 bits per heavy atom. The molecule has 0 bridgehead atoms. The molecule has 1 heterocycles. The van der Waals surface area contributed by atoms with E-state index in [0.29, 0.717) is 6.54 Å². The van der Waals surface area contributed by atoms with Crippen LogP contribution in [-0.2, 0) is 11.3 Å². The molecule has 5 heteroatoms. The van der Waals surface area contributed by atoms with E-state index in [2.05, 4.69) is 10.6 Å². The van der Waals surface area contributed by atoms with Crippen LogP contribution in [0.5, 0.6) is 11.5 Å². The van der Waals surface area contributed by atoms with E-state index < -0.39 is 0 Å². The second-order valence-corrected chi connectivity index (χ2v) is 7.17. The summed E-state index contributed by atoms with van der Waals surface area (Å²) in [5, 5.41) is 6.35. The summed E-state index contributed by atoms with van der Waals surface area (Å²) < 4.78 is 11.5. The van der Waals surface area contributed by atoms with Gasteiger partial charge in [0.1, 0.15) is 11.5 Å². The van der Waals surface area contributed by atoms with Crippen LogP contribution >= 0.6 is 0 Å². The number of amides is 1. The van der Waals surface area contributed by atoms with Crippen LogP contribution in [0.2, 0.25) is 0 Å². The van der Waals surface area contributed by atoms with Crippen LogP contribution in [-0.4, -0.2) is 32.2 Å². The molecule has 3 rings (SSSR count). The molecule has 1 aromatic carbocycles. The monoisotopic (exact) mass is 332 g/mol. The van der Waals surface area contributed by atoms with Crippen LogP contribution in [0.15, 0.2) is 18.2 Å². The van der Waals surface area contributed by atoms with Gasteiger partial charge >= 0.3 is 0 Å². The zero-order valence-corrected chi connectivity index (χ0v) is 14.7. The summed E-state index contributed by atoms with van der Waals surface area (Å²) in [7, 11) is 1.66. The average molecular weight is 332 g/mol. The standard InChI is InChI=1S/C19H28N2O3/c1-19(9-10-20-13-19)18(22)21-12-14-7-8-16(23-2)11-17(14)24-15-5-3-4-6-15/h7-8,11,15,20H,3-6,9-10,12-13H2,1-2H3,(H,21,22)/t19-/m0/s1.